The number of hydrogen-bond donors (Lipinski definition) is 1. The fraction of sp³-hybridized carbons (Fsp3) is 0.261. The topological polar surface area (TPSA) is 113 Å². The zero-order chi connectivity index (χ0) is 23.1. The van der Waals surface area contributed by atoms with Crippen LogP contribution in [0.1, 0.15) is 31.2 Å². The third-order valence-electron chi connectivity index (χ3n) is 5.36. The van der Waals surface area contributed by atoms with Gasteiger partial charge in [-0.1, -0.05) is 0 Å². The van der Waals surface area contributed by atoms with E-state index in [2.05, 4.69) is 20.3 Å². The quantitative estimate of drug-likeness (QED) is 0.482. The Balaban J connectivity index is 1.43. The summed E-state index contributed by atoms with van der Waals surface area (Å²) in [5, 5.41) is 2.62. The minimum Gasteiger partial charge on any atom is -0.455 e. The van der Waals surface area contributed by atoms with Crippen molar-refractivity contribution in [2.45, 2.75) is 25.7 Å². The first-order valence-corrected chi connectivity index (χ1v) is 10.5. The molecule has 1 N–H and O–H groups in total. The van der Waals surface area contributed by atoms with Crippen LogP contribution in [-0.4, -0.2) is 30.0 Å². The number of hydrogen-bond acceptors (Lipinski definition) is 7. The summed E-state index contributed by atoms with van der Waals surface area (Å²) >= 11 is 0. The summed E-state index contributed by atoms with van der Waals surface area (Å²) in [6.45, 7) is 1.41. The minimum absolute atomic E-state index is 0.220. The number of pyridine rings is 3. The highest BCUT2D eigenvalue weighted by molar-refractivity contribution is 5.87. The normalized spacial score (nSPS) is 13.2. The molecule has 0 aliphatic heterocycles. The second kappa shape index (κ2) is 8.05. The van der Waals surface area contributed by atoms with Gasteiger partial charge in [-0.25, -0.2) is 9.97 Å². The molecule has 5 rings (SSSR count). The first-order valence-electron chi connectivity index (χ1n) is 10.5. The van der Waals surface area contributed by atoms with Gasteiger partial charge < -0.3 is 19.4 Å². The Hall–Kier alpha value is -4.21. The van der Waals surface area contributed by atoms with Gasteiger partial charge in [0.15, 0.2) is 11.4 Å². The maximum atomic E-state index is 12.6. The van der Waals surface area contributed by atoms with Crippen molar-refractivity contribution < 1.29 is 14.3 Å². The third-order valence-corrected chi connectivity index (χ3v) is 5.36. The lowest BCUT2D eigenvalue weighted by Gasteiger charge is -2.09. The van der Waals surface area contributed by atoms with Crippen LogP contribution in [0.5, 0.6) is 23.3 Å². The van der Waals surface area contributed by atoms with Gasteiger partial charge in [0.1, 0.15) is 17.3 Å². The van der Waals surface area contributed by atoms with E-state index in [-0.39, 0.29) is 23.2 Å². The molecule has 4 heterocycles. The SMILES string of the molecule is CC(=O)Nc1cc(Oc2cnc3nc(Oc4cc(C5CC5)cn(C)c4=O)n(C)c3c2)ccn1. The van der Waals surface area contributed by atoms with Crippen LogP contribution in [-0.2, 0) is 18.9 Å². The second-order valence-electron chi connectivity index (χ2n) is 8.06. The molecule has 1 fully saturated rings. The first kappa shape index (κ1) is 20.7. The van der Waals surface area contributed by atoms with E-state index in [9.17, 15) is 9.59 Å². The summed E-state index contributed by atoms with van der Waals surface area (Å²) in [6, 6.07) is 7.13. The molecule has 1 amide bonds. The molecule has 0 unspecified atom stereocenters. The van der Waals surface area contributed by atoms with Crippen molar-refractivity contribution >= 4 is 22.9 Å². The van der Waals surface area contributed by atoms with Crippen LogP contribution in [0.25, 0.3) is 11.2 Å². The standard InChI is InChI=1S/C23H22N6O4/c1-13(30)26-20-10-16(6-7-24-20)32-17-9-18-21(25-11-17)27-23(29(18)3)33-19-8-15(14-4-5-14)12-28(2)22(19)31/h6-12,14H,4-5H2,1-3H3,(H,24,26,30). The van der Waals surface area contributed by atoms with Gasteiger partial charge in [0.2, 0.25) is 5.91 Å². The number of nitrogens with one attached hydrogen (secondary N) is 1. The number of rotatable bonds is 6. The van der Waals surface area contributed by atoms with E-state index in [0.717, 1.165) is 18.4 Å². The van der Waals surface area contributed by atoms with Gasteiger partial charge in [-0.05, 0) is 36.5 Å². The van der Waals surface area contributed by atoms with Gasteiger partial charge in [-0.3, -0.25) is 14.2 Å². The van der Waals surface area contributed by atoms with Crippen molar-refractivity contribution in [3.8, 4) is 23.3 Å². The minimum atomic E-state index is -0.226. The van der Waals surface area contributed by atoms with Crippen LogP contribution in [0.3, 0.4) is 0 Å². The molecular formula is C23H22N6O4. The fourth-order valence-corrected chi connectivity index (χ4v) is 3.55. The number of carbonyl (C=O) groups is 1. The Labute approximate surface area is 188 Å². The molecule has 1 saturated carbocycles. The maximum absolute atomic E-state index is 12.6. The largest absolute Gasteiger partial charge is 0.455 e. The van der Waals surface area contributed by atoms with E-state index in [1.54, 1.807) is 59.9 Å². The molecule has 1 aliphatic rings. The summed E-state index contributed by atoms with van der Waals surface area (Å²) in [4.78, 5) is 36.7. The Morgan fingerprint density at radius 2 is 1.94 bits per heavy atom. The number of nitrogens with zero attached hydrogens (tertiary/aromatic N) is 5. The fourth-order valence-electron chi connectivity index (χ4n) is 3.55. The first-order chi connectivity index (χ1) is 15.9. The highest BCUT2D eigenvalue weighted by Crippen LogP contribution is 2.40. The molecule has 0 saturated heterocycles. The van der Waals surface area contributed by atoms with Crippen LogP contribution < -0.4 is 20.3 Å². The Morgan fingerprint density at radius 3 is 2.70 bits per heavy atom. The second-order valence-corrected chi connectivity index (χ2v) is 8.06. The molecule has 0 atom stereocenters. The molecule has 0 spiro atoms. The van der Waals surface area contributed by atoms with Crippen molar-refractivity contribution in [1.29, 1.82) is 0 Å². The molecule has 0 radical (unpaired) electrons. The number of anilines is 1. The zero-order valence-corrected chi connectivity index (χ0v) is 18.4. The molecule has 0 aromatic carbocycles. The number of aromatic nitrogens is 5. The van der Waals surface area contributed by atoms with Gasteiger partial charge in [0.25, 0.3) is 5.56 Å². The highest BCUT2D eigenvalue weighted by atomic mass is 16.5. The van der Waals surface area contributed by atoms with Gasteiger partial charge in [0.05, 0.1) is 11.7 Å². The summed E-state index contributed by atoms with van der Waals surface area (Å²) < 4.78 is 15.1. The number of carbonyl (C=O) groups excluding carboxylic acids is 1. The van der Waals surface area contributed by atoms with Crippen LogP contribution in [0, 0.1) is 0 Å². The van der Waals surface area contributed by atoms with Crippen molar-refractivity contribution in [3.05, 3.63) is 58.8 Å². The molecule has 0 bridgehead atoms. The molecule has 10 nitrogen and oxygen atoms in total. The lowest BCUT2D eigenvalue weighted by atomic mass is 10.2. The summed E-state index contributed by atoms with van der Waals surface area (Å²) in [7, 11) is 3.50. The number of ether oxygens (including phenoxy) is 2. The van der Waals surface area contributed by atoms with Crippen LogP contribution in [0.15, 0.2) is 47.7 Å². The predicted octanol–water partition coefficient (Wildman–Crippen LogP) is 3.48. The van der Waals surface area contributed by atoms with Crippen molar-refractivity contribution in [3.63, 3.8) is 0 Å². The van der Waals surface area contributed by atoms with Crippen molar-refractivity contribution in [2.24, 2.45) is 14.1 Å². The smallest absolute Gasteiger partial charge is 0.304 e. The van der Waals surface area contributed by atoms with E-state index in [0.29, 0.717) is 34.4 Å². The molecule has 10 heteroatoms. The van der Waals surface area contributed by atoms with Crippen LogP contribution in [0.2, 0.25) is 0 Å². The van der Waals surface area contributed by atoms with Crippen LogP contribution >= 0.6 is 0 Å². The van der Waals surface area contributed by atoms with E-state index < -0.39 is 0 Å². The molecular weight excluding hydrogens is 424 g/mol. The van der Waals surface area contributed by atoms with Crippen molar-refractivity contribution in [2.75, 3.05) is 5.32 Å². The van der Waals surface area contributed by atoms with Gasteiger partial charge in [0, 0.05) is 45.5 Å². The lowest BCUT2D eigenvalue weighted by molar-refractivity contribution is -0.114. The Bertz CT molecular complexity index is 1440. The lowest BCUT2D eigenvalue weighted by Crippen LogP contribution is -2.18. The molecule has 4 aromatic heterocycles. The van der Waals surface area contributed by atoms with Gasteiger partial charge in [-0.2, -0.15) is 4.98 Å². The maximum Gasteiger partial charge on any atom is 0.304 e. The molecule has 1 aliphatic carbocycles. The zero-order valence-electron chi connectivity index (χ0n) is 18.4. The number of fused-ring (bicyclic) bond motifs is 1. The average Bonchev–Trinajstić information content (AvgIpc) is 3.57. The molecule has 33 heavy (non-hydrogen) atoms. The number of imidazole rings is 1. The van der Waals surface area contributed by atoms with E-state index in [1.165, 1.54) is 6.92 Å². The van der Waals surface area contributed by atoms with E-state index in [1.807, 2.05) is 6.20 Å². The predicted molar refractivity (Wildman–Crippen MR) is 121 cm³/mol. The van der Waals surface area contributed by atoms with Gasteiger partial charge >= 0.3 is 6.01 Å². The monoisotopic (exact) mass is 446 g/mol. The number of amides is 1. The van der Waals surface area contributed by atoms with Gasteiger partial charge in [-0.15, -0.1) is 0 Å². The van der Waals surface area contributed by atoms with E-state index >= 15 is 0 Å². The summed E-state index contributed by atoms with van der Waals surface area (Å²) in [5.41, 5.74) is 2.00. The number of aryl methyl sites for hydroxylation is 2. The molecule has 168 valence electrons. The van der Waals surface area contributed by atoms with Crippen molar-refractivity contribution in [1.82, 2.24) is 24.1 Å². The molecule has 4 aromatic rings. The summed E-state index contributed by atoms with van der Waals surface area (Å²) in [6.07, 6.45) is 7.20. The van der Waals surface area contributed by atoms with E-state index in [4.69, 9.17) is 9.47 Å². The third kappa shape index (κ3) is 4.27. The Morgan fingerprint density at radius 1 is 1.12 bits per heavy atom. The average molecular weight is 446 g/mol. The van der Waals surface area contributed by atoms with Crippen LogP contribution in [0.4, 0.5) is 5.82 Å². The Kier molecular flexibility index (Phi) is 5.04. The highest BCUT2D eigenvalue weighted by Gasteiger charge is 2.25. The summed E-state index contributed by atoms with van der Waals surface area (Å²) in [5.74, 6) is 1.86.